The third kappa shape index (κ3) is 6.29. The highest BCUT2D eigenvalue weighted by Crippen LogP contribution is 2.26. The van der Waals surface area contributed by atoms with E-state index in [1.54, 1.807) is 6.07 Å². The van der Waals surface area contributed by atoms with Gasteiger partial charge in [-0.2, -0.15) is 4.31 Å². The second-order valence-corrected chi connectivity index (χ2v) is 10.4. The zero-order chi connectivity index (χ0) is 24.2. The molecule has 1 amide bonds. The van der Waals surface area contributed by atoms with E-state index in [4.69, 9.17) is 9.15 Å². The number of hydrogen-bond donors (Lipinski definition) is 1. The van der Waals surface area contributed by atoms with Gasteiger partial charge in [-0.25, -0.2) is 13.2 Å². The zero-order valence-corrected chi connectivity index (χ0v) is 19.7. The molecule has 2 aromatic rings. The Morgan fingerprint density at radius 2 is 1.70 bits per heavy atom. The molecule has 3 rings (SSSR count). The van der Waals surface area contributed by atoms with Crippen LogP contribution in [-0.2, 0) is 26.1 Å². The van der Waals surface area contributed by atoms with Crippen molar-refractivity contribution >= 4 is 27.7 Å². The van der Waals surface area contributed by atoms with Crippen LogP contribution in [0.15, 0.2) is 45.7 Å². The van der Waals surface area contributed by atoms with Crippen molar-refractivity contribution < 1.29 is 32.0 Å². The molecule has 2 heterocycles. The van der Waals surface area contributed by atoms with Crippen molar-refractivity contribution in [3.8, 4) is 0 Å². The van der Waals surface area contributed by atoms with Gasteiger partial charge in [0.15, 0.2) is 12.4 Å². The van der Waals surface area contributed by atoms with Crippen LogP contribution in [0, 0.1) is 11.8 Å². The molecule has 0 radical (unpaired) electrons. The number of ketones is 1. The van der Waals surface area contributed by atoms with Crippen molar-refractivity contribution in [1.29, 1.82) is 0 Å². The quantitative estimate of drug-likeness (QED) is 0.459. The van der Waals surface area contributed by atoms with Gasteiger partial charge in [0.2, 0.25) is 21.7 Å². The Kier molecular flexibility index (Phi) is 7.70. The molecule has 1 fully saturated rings. The highest BCUT2D eigenvalue weighted by Gasteiger charge is 2.31. The Morgan fingerprint density at radius 3 is 2.30 bits per heavy atom. The third-order valence-corrected chi connectivity index (χ3v) is 7.19. The summed E-state index contributed by atoms with van der Waals surface area (Å²) in [6.07, 6.45) is 0.990. The number of carbonyl (C=O) groups excluding carboxylic acids is 3. The molecular formula is C23H28N2O7S. The minimum Gasteiger partial charge on any atom is -0.456 e. The molecule has 2 unspecified atom stereocenters. The van der Waals surface area contributed by atoms with Crippen LogP contribution in [0.25, 0.3) is 0 Å². The van der Waals surface area contributed by atoms with E-state index < -0.39 is 28.4 Å². The number of ether oxygens (including phenoxy) is 1. The van der Waals surface area contributed by atoms with Gasteiger partial charge in [-0.15, -0.1) is 0 Å². The molecule has 1 N–H and O–H groups in total. The highest BCUT2D eigenvalue weighted by atomic mass is 32.2. The number of piperidine rings is 1. The first-order valence-electron chi connectivity index (χ1n) is 10.7. The maximum atomic E-state index is 12.9. The maximum absolute atomic E-state index is 12.9. The van der Waals surface area contributed by atoms with E-state index >= 15 is 0 Å². The van der Waals surface area contributed by atoms with Gasteiger partial charge in [0.25, 0.3) is 0 Å². The number of furan rings is 1. The van der Waals surface area contributed by atoms with Gasteiger partial charge in [0.1, 0.15) is 5.76 Å². The van der Waals surface area contributed by atoms with Crippen molar-refractivity contribution in [3.05, 3.63) is 53.5 Å². The van der Waals surface area contributed by atoms with Gasteiger partial charge in [-0.3, -0.25) is 9.59 Å². The molecule has 1 aliphatic rings. The lowest BCUT2D eigenvalue weighted by molar-refractivity contribution is -0.119. The summed E-state index contributed by atoms with van der Waals surface area (Å²) in [5.41, 5.74) is 0.132. The van der Waals surface area contributed by atoms with E-state index in [0.717, 1.165) is 6.42 Å². The van der Waals surface area contributed by atoms with Crippen molar-refractivity contribution in [1.82, 2.24) is 9.62 Å². The minimum absolute atomic E-state index is 0.00887. The SMILES string of the molecule is CC(=O)NCc1ccc(C(=O)COC(=O)c2ccc(S(=O)(=O)N3CC(C)CC(C)C3)cc2)o1. The largest absolute Gasteiger partial charge is 0.456 e. The van der Waals surface area contributed by atoms with Gasteiger partial charge in [0, 0.05) is 20.0 Å². The number of nitrogens with one attached hydrogen (secondary N) is 1. The maximum Gasteiger partial charge on any atom is 0.338 e. The van der Waals surface area contributed by atoms with Crippen molar-refractivity contribution in [2.45, 2.75) is 38.6 Å². The fourth-order valence-electron chi connectivity index (χ4n) is 3.83. The highest BCUT2D eigenvalue weighted by molar-refractivity contribution is 7.89. The molecule has 10 heteroatoms. The molecule has 0 spiro atoms. The Morgan fingerprint density at radius 1 is 1.06 bits per heavy atom. The van der Waals surface area contributed by atoms with E-state index in [-0.39, 0.29) is 40.5 Å². The second-order valence-electron chi connectivity index (χ2n) is 8.47. The Hall–Kier alpha value is -2.98. The second kappa shape index (κ2) is 10.3. The average molecular weight is 477 g/mol. The number of benzene rings is 1. The number of carbonyl (C=O) groups is 3. The first-order chi connectivity index (χ1) is 15.6. The summed E-state index contributed by atoms with van der Waals surface area (Å²) in [5.74, 6) is -0.546. The number of hydrogen-bond acceptors (Lipinski definition) is 7. The van der Waals surface area contributed by atoms with Crippen LogP contribution in [0.2, 0.25) is 0 Å². The summed E-state index contributed by atoms with van der Waals surface area (Å²) in [5, 5.41) is 2.55. The lowest BCUT2D eigenvalue weighted by atomic mass is 9.94. The third-order valence-electron chi connectivity index (χ3n) is 5.35. The van der Waals surface area contributed by atoms with Crippen LogP contribution in [0.4, 0.5) is 0 Å². The van der Waals surface area contributed by atoms with Gasteiger partial charge >= 0.3 is 5.97 Å². The molecule has 1 aromatic carbocycles. The number of Topliss-reactive ketones (excluding diaryl/α,β-unsaturated/α-hetero) is 1. The molecule has 2 atom stereocenters. The predicted octanol–water partition coefficient (Wildman–Crippen LogP) is 2.62. The molecule has 0 bridgehead atoms. The van der Waals surface area contributed by atoms with E-state index in [0.29, 0.717) is 18.8 Å². The van der Waals surface area contributed by atoms with Crippen molar-refractivity contribution in [2.75, 3.05) is 19.7 Å². The average Bonchev–Trinajstić information content (AvgIpc) is 3.24. The summed E-state index contributed by atoms with van der Waals surface area (Å²) in [4.78, 5) is 35.6. The van der Waals surface area contributed by atoms with Gasteiger partial charge < -0.3 is 14.5 Å². The molecule has 178 valence electrons. The van der Waals surface area contributed by atoms with Crippen molar-refractivity contribution in [2.24, 2.45) is 11.8 Å². The van der Waals surface area contributed by atoms with Crippen LogP contribution < -0.4 is 5.32 Å². The molecular weight excluding hydrogens is 448 g/mol. The smallest absolute Gasteiger partial charge is 0.338 e. The van der Waals surface area contributed by atoms with Crippen LogP contribution in [0.1, 0.15) is 53.9 Å². The number of rotatable bonds is 8. The number of esters is 1. The number of nitrogens with zero attached hydrogens (tertiary/aromatic N) is 1. The number of sulfonamides is 1. The van der Waals surface area contributed by atoms with E-state index in [1.807, 2.05) is 13.8 Å². The Balaban J connectivity index is 1.58. The molecule has 0 aliphatic carbocycles. The lowest BCUT2D eigenvalue weighted by Gasteiger charge is -2.34. The van der Waals surface area contributed by atoms with Crippen molar-refractivity contribution in [3.63, 3.8) is 0 Å². The molecule has 0 saturated carbocycles. The Bertz CT molecular complexity index is 1110. The summed E-state index contributed by atoms with van der Waals surface area (Å²) in [6, 6.07) is 8.48. The molecule has 9 nitrogen and oxygen atoms in total. The van der Waals surface area contributed by atoms with Gasteiger partial charge in [0.05, 0.1) is 17.0 Å². The standard InChI is InChI=1S/C23H28N2O7S/c1-15-10-16(2)13-25(12-15)33(29,30)20-7-4-18(5-8-20)23(28)31-14-21(27)22-9-6-19(32-22)11-24-17(3)26/h4-9,15-16H,10-14H2,1-3H3,(H,24,26). The van der Waals surface area contributed by atoms with Crippen LogP contribution in [0.5, 0.6) is 0 Å². The molecule has 1 aliphatic heterocycles. The molecule has 1 aromatic heterocycles. The predicted molar refractivity (Wildman–Crippen MR) is 119 cm³/mol. The molecule has 1 saturated heterocycles. The lowest BCUT2D eigenvalue weighted by Crippen LogP contribution is -2.42. The normalized spacial score (nSPS) is 19.1. The van der Waals surface area contributed by atoms with E-state index in [9.17, 15) is 22.8 Å². The fourth-order valence-corrected chi connectivity index (χ4v) is 5.51. The Labute approximate surface area is 193 Å². The van der Waals surface area contributed by atoms with Gasteiger partial charge in [-0.1, -0.05) is 13.8 Å². The number of amides is 1. The first-order valence-corrected chi connectivity index (χ1v) is 12.1. The topological polar surface area (TPSA) is 123 Å². The summed E-state index contributed by atoms with van der Waals surface area (Å²) < 4.78 is 37.8. The zero-order valence-electron chi connectivity index (χ0n) is 18.9. The summed E-state index contributed by atoms with van der Waals surface area (Å²) in [7, 11) is -3.65. The minimum atomic E-state index is -3.65. The van der Waals surface area contributed by atoms with E-state index in [1.165, 1.54) is 41.6 Å². The van der Waals surface area contributed by atoms with Crippen LogP contribution in [0.3, 0.4) is 0 Å². The fraction of sp³-hybridized carbons (Fsp3) is 0.435. The summed E-state index contributed by atoms with van der Waals surface area (Å²) >= 11 is 0. The monoisotopic (exact) mass is 476 g/mol. The van der Waals surface area contributed by atoms with Crippen LogP contribution in [-0.4, -0.2) is 50.1 Å². The van der Waals surface area contributed by atoms with E-state index in [2.05, 4.69) is 5.32 Å². The summed E-state index contributed by atoms with van der Waals surface area (Å²) in [6.45, 7) is 5.99. The molecule has 33 heavy (non-hydrogen) atoms. The van der Waals surface area contributed by atoms with Crippen LogP contribution >= 0.6 is 0 Å². The first kappa shape index (κ1) is 24.7. The van der Waals surface area contributed by atoms with Gasteiger partial charge in [-0.05, 0) is 54.7 Å².